The predicted molar refractivity (Wildman–Crippen MR) is 65.9 cm³/mol. The average molecular weight is 264 g/mol. The Balaban J connectivity index is 1.95. The summed E-state index contributed by atoms with van der Waals surface area (Å²) in [4.78, 5) is 0.293. The Morgan fingerprint density at radius 2 is 1.94 bits per heavy atom. The molecule has 0 fully saturated rings. The molecule has 0 amide bonds. The van der Waals surface area contributed by atoms with Crippen LogP contribution in [0.2, 0.25) is 0 Å². The van der Waals surface area contributed by atoms with Gasteiger partial charge in [-0.25, -0.2) is 8.42 Å². The second kappa shape index (κ2) is 3.82. The highest BCUT2D eigenvalue weighted by Gasteiger charge is 2.33. The number of rotatable bonds is 2. The molecular formula is C11H12N4O2S. The van der Waals surface area contributed by atoms with Gasteiger partial charge in [-0.1, -0.05) is 18.2 Å². The third-order valence-corrected chi connectivity index (χ3v) is 4.84. The normalized spacial score (nSPS) is 15.8. The summed E-state index contributed by atoms with van der Waals surface area (Å²) in [5.74, 6) is 0.371. The van der Waals surface area contributed by atoms with Gasteiger partial charge in [0.25, 0.3) is 0 Å². The predicted octanol–water partition coefficient (Wildman–Crippen LogP) is 0.696. The van der Waals surface area contributed by atoms with Crippen molar-refractivity contribution in [3.8, 4) is 0 Å². The Labute approximate surface area is 104 Å². The number of benzene rings is 1. The molecule has 0 radical (unpaired) electrons. The van der Waals surface area contributed by atoms with Gasteiger partial charge in [-0.3, -0.25) is 5.10 Å². The lowest BCUT2D eigenvalue weighted by molar-refractivity contribution is 0.427. The number of fused-ring (bicyclic) bond motifs is 1. The van der Waals surface area contributed by atoms with Crippen LogP contribution in [0, 0.1) is 0 Å². The highest BCUT2D eigenvalue weighted by atomic mass is 32.2. The van der Waals surface area contributed by atoms with Crippen molar-refractivity contribution in [3.63, 3.8) is 0 Å². The Morgan fingerprint density at radius 3 is 2.61 bits per heavy atom. The molecule has 1 aliphatic heterocycles. The summed E-state index contributed by atoms with van der Waals surface area (Å²) in [7, 11) is -3.46. The number of hydrogen-bond donors (Lipinski definition) is 2. The molecule has 3 N–H and O–H groups in total. The van der Waals surface area contributed by atoms with Gasteiger partial charge in [0.05, 0.1) is 17.1 Å². The van der Waals surface area contributed by atoms with Crippen LogP contribution in [0.25, 0.3) is 0 Å². The van der Waals surface area contributed by atoms with Crippen molar-refractivity contribution in [2.75, 3.05) is 5.73 Å². The molecule has 6 nitrogen and oxygen atoms in total. The third kappa shape index (κ3) is 1.59. The molecule has 1 aromatic carbocycles. The van der Waals surface area contributed by atoms with E-state index in [0.717, 1.165) is 11.3 Å². The number of nitrogens with two attached hydrogens (primary N) is 1. The first-order chi connectivity index (χ1) is 8.59. The molecule has 0 saturated heterocycles. The minimum Gasteiger partial charge on any atom is -0.382 e. The molecule has 0 saturated carbocycles. The van der Waals surface area contributed by atoms with E-state index in [9.17, 15) is 8.42 Å². The van der Waals surface area contributed by atoms with Crippen molar-refractivity contribution in [1.29, 1.82) is 0 Å². The fourth-order valence-electron chi connectivity index (χ4n) is 2.04. The quantitative estimate of drug-likeness (QED) is 0.835. The highest BCUT2D eigenvalue weighted by Crippen LogP contribution is 2.29. The zero-order chi connectivity index (χ0) is 12.8. The molecule has 0 bridgehead atoms. The Kier molecular flexibility index (Phi) is 2.39. The van der Waals surface area contributed by atoms with E-state index in [2.05, 4.69) is 10.2 Å². The van der Waals surface area contributed by atoms with Crippen molar-refractivity contribution < 1.29 is 8.42 Å². The first-order valence-electron chi connectivity index (χ1n) is 5.46. The van der Waals surface area contributed by atoms with Gasteiger partial charge >= 0.3 is 0 Å². The van der Waals surface area contributed by atoms with Crippen molar-refractivity contribution in [2.45, 2.75) is 18.0 Å². The van der Waals surface area contributed by atoms with Crippen LogP contribution in [-0.2, 0) is 23.1 Å². The molecule has 7 heteroatoms. The number of sulfonamides is 1. The lowest BCUT2D eigenvalue weighted by atomic mass is 10.3. The average Bonchev–Trinajstić information content (AvgIpc) is 2.94. The Hall–Kier alpha value is -1.86. The van der Waals surface area contributed by atoms with E-state index in [-0.39, 0.29) is 13.1 Å². The van der Waals surface area contributed by atoms with Crippen LogP contribution in [0.3, 0.4) is 0 Å². The van der Waals surface area contributed by atoms with E-state index in [1.807, 2.05) is 0 Å². The molecule has 0 unspecified atom stereocenters. The lowest BCUT2D eigenvalue weighted by Crippen LogP contribution is -2.26. The zero-order valence-corrected chi connectivity index (χ0v) is 10.3. The van der Waals surface area contributed by atoms with Gasteiger partial charge in [-0.2, -0.15) is 9.40 Å². The summed E-state index contributed by atoms with van der Waals surface area (Å²) in [6, 6.07) is 8.37. The fraction of sp³-hybridized carbons (Fsp3) is 0.182. The van der Waals surface area contributed by atoms with Crippen LogP contribution in [-0.4, -0.2) is 22.9 Å². The maximum absolute atomic E-state index is 12.4. The van der Waals surface area contributed by atoms with Crippen molar-refractivity contribution in [3.05, 3.63) is 41.6 Å². The minimum absolute atomic E-state index is 0.273. The summed E-state index contributed by atoms with van der Waals surface area (Å²) in [6.45, 7) is 0.561. The Morgan fingerprint density at radius 1 is 1.22 bits per heavy atom. The van der Waals surface area contributed by atoms with E-state index < -0.39 is 10.0 Å². The van der Waals surface area contributed by atoms with E-state index >= 15 is 0 Å². The molecule has 2 aromatic rings. The Bertz CT molecular complexity index is 678. The maximum atomic E-state index is 12.4. The van der Waals surface area contributed by atoms with Crippen molar-refractivity contribution >= 4 is 15.8 Å². The molecule has 94 valence electrons. The van der Waals surface area contributed by atoms with Crippen LogP contribution in [0.15, 0.2) is 35.2 Å². The van der Waals surface area contributed by atoms with Gasteiger partial charge in [0, 0.05) is 12.1 Å². The summed E-state index contributed by atoms with van der Waals surface area (Å²) >= 11 is 0. The molecule has 0 spiro atoms. The maximum Gasteiger partial charge on any atom is 0.243 e. The number of hydrogen-bond acceptors (Lipinski definition) is 4. The number of nitrogens with zero attached hydrogens (tertiary/aromatic N) is 2. The number of nitrogen functional groups attached to an aromatic ring is 1. The van der Waals surface area contributed by atoms with Gasteiger partial charge < -0.3 is 5.73 Å². The molecule has 1 aliphatic rings. The topological polar surface area (TPSA) is 92.1 Å². The second-order valence-corrected chi connectivity index (χ2v) is 6.09. The van der Waals surface area contributed by atoms with Crippen LogP contribution in [0.4, 0.5) is 5.82 Å². The first-order valence-corrected chi connectivity index (χ1v) is 6.90. The minimum atomic E-state index is -3.46. The molecule has 0 aliphatic carbocycles. The largest absolute Gasteiger partial charge is 0.382 e. The SMILES string of the molecule is Nc1n[nH]c2c1CN(S(=O)(=O)c1ccccc1)C2. The summed E-state index contributed by atoms with van der Waals surface area (Å²) in [5.41, 5.74) is 7.22. The molecule has 18 heavy (non-hydrogen) atoms. The van der Waals surface area contributed by atoms with Crippen LogP contribution in [0.1, 0.15) is 11.3 Å². The third-order valence-electron chi connectivity index (χ3n) is 3.03. The summed E-state index contributed by atoms with van der Waals surface area (Å²) in [5, 5.41) is 6.62. The number of nitrogens with one attached hydrogen (secondary N) is 1. The second-order valence-electron chi connectivity index (χ2n) is 4.15. The molecule has 0 atom stereocenters. The van der Waals surface area contributed by atoms with E-state index in [0.29, 0.717) is 10.7 Å². The number of anilines is 1. The van der Waals surface area contributed by atoms with Gasteiger partial charge in [0.1, 0.15) is 5.82 Å². The van der Waals surface area contributed by atoms with Gasteiger partial charge in [0.15, 0.2) is 0 Å². The molecular weight excluding hydrogens is 252 g/mol. The monoisotopic (exact) mass is 264 g/mol. The van der Waals surface area contributed by atoms with Crippen LogP contribution in [0.5, 0.6) is 0 Å². The lowest BCUT2D eigenvalue weighted by Gasteiger charge is -2.15. The zero-order valence-electron chi connectivity index (χ0n) is 9.50. The van der Waals surface area contributed by atoms with Gasteiger partial charge in [-0.05, 0) is 12.1 Å². The van der Waals surface area contributed by atoms with E-state index in [1.165, 1.54) is 4.31 Å². The summed E-state index contributed by atoms with van der Waals surface area (Å²) < 4.78 is 26.1. The van der Waals surface area contributed by atoms with Crippen molar-refractivity contribution in [1.82, 2.24) is 14.5 Å². The molecule has 3 rings (SSSR count). The van der Waals surface area contributed by atoms with Crippen LogP contribution >= 0.6 is 0 Å². The van der Waals surface area contributed by atoms with Crippen molar-refractivity contribution in [2.24, 2.45) is 0 Å². The number of aromatic nitrogens is 2. The van der Waals surface area contributed by atoms with E-state index in [1.54, 1.807) is 30.3 Å². The standard InChI is InChI=1S/C11H12N4O2S/c12-11-9-6-15(7-10(9)13-14-11)18(16,17)8-4-2-1-3-5-8/h1-5H,6-7H2,(H3,12,13,14). The van der Waals surface area contributed by atoms with E-state index in [4.69, 9.17) is 5.73 Å². The first kappa shape index (κ1) is 11.2. The summed E-state index contributed by atoms with van der Waals surface area (Å²) in [6.07, 6.45) is 0. The molecule has 2 heterocycles. The smallest absolute Gasteiger partial charge is 0.243 e. The number of H-pyrrole nitrogens is 1. The highest BCUT2D eigenvalue weighted by molar-refractivity contribution is 7.89. The van der Waals surface area contributed by atoms with Crippen LogP contribution < -0.4 is 5.73 Å². The fourth-order valence-corrected chi connectivity index (χ4v) is 3.44. The molecule has 1 aromatic heterocycles. The van der Waals surface area contributed by atoms with Gasteiger partial charge in [0.2, 0.25) is 10.0 Å². The van der Waals surface area contributed by atoms with Gasteiger partial charge in [-0.15, -0.1) is 0 Å². The number of aromatic amines is 1.